The van der Waals surface area contributed by atoms with Gasteiger partial charge in [0.05, 0.1) is 0 Å². The molecule has 0 fully saturated rings. The molecule has 0 spiro atoms. The third-order valence-corrected chi connectivity index (χ3v) is 2.03. The molecule has 0 unspecified atom stereocenters. The molecule has 1 aliphatic rings. The van der Waals surface area contributed by atoms with E-state index in [1.807, 2.05) is 0 Å². The van der Waals surface area contributed by atoms with Gasteiger partial charge in [-0.2, -0.15) is 5.10 Å². The Morgan fingerprint density at radius 3 is 2.00 bits per heavy atom. The Kier molecular flexibility index (Phi) is 2.11. The fourth-order valence-electron chi connectivity index (χ4n) is 1.42. The van der Waals surface area contributed by atoms with E-state index in [0.717, 1.165) is 0 Å². The molecule has 0 saturated heterocycles. The fourth-order valence-corrected chi connectivity index (χ4v) is 1.42. The van der Waals surface area contributed by atoms with Crippen LogP contribution in [0.2, 0.25) is 0 Å². The van der Waals surface area contributed by atoms with E-state index in [0.29, 0.717) is 0 Å². The highest BCUT2D eigenvalue weighted by atomic mass is 16.2. The Morgan fingerprint density at radius 2 is 1.77 bits per heavy atom. The molecule has 0 aromatic heterocycles. The normalized spacial score (nSPS) is 19.4. The summed E-state index contributed by atoms with van der Waals surface area (Å²) >= 11 is 0. The minimum absolute atomic E-state index is 0.127. The van der Waals surface area contributed by atoms with Gasteiger partial charge in [0.25, 0.3) is 0 Å². The maximum atomic E-state index is 11.1. The molecule has 5 heteroatoms. The van der Waals surface area contributed by atoms with Crippen LogP contribution in [-0.4, -0.2) is 33.7 Å². The zero-order chi connectivity index (χ0) is 10.2. The van der Waals surface area contributed by atoms with Crippen LogP contribution in [0.4, 0.5) is 0 Å². The molecule has 2 amide bonds. The van der Waals surface area contributed by atoms with Gasteiger partial charge in [0.2, 0.25) is 11.8 Å². The van der Waals surface area contributed by atoms with Gasteiger partial charge in [-0.05, 0) is 13.8 Å². The van der Waals surface area contributed by atoms with Crippen LogP contribution >= 0.6 is 0 Å². The zero-order valence-corrected chi connectivity index (χ0v) is 8.24. The van der Waals surface area contributed by atoms with Crippen molar-refractivity contribution in [3.63, 3.8) is 0 Å². The van der Waals surface area contributed by atoms with Gasteiger partial charge >= 0.3 is 0 Å². The fraction of sp³-hybridized carbons (Fsp3) is 0.625. The number of carbonyl (C=O) groups excluding carboxylic acids is 2. The van der Waals surface area contributed by atoms with E-state index >= 15 is 0 Å². The average Bonchev–Trinajstić information content (AvgIpc) is 2.24. The predicted octanol–water partition coefficient (Wildman–Crippen LogP) is 0.376. The molecule has 0 atom stereocenters. The minimum atomic E-state index is -0.683. The van der Waals surface area contributed by atoms with Crippen molar-refractivity contribution in [2.45, 2.75) is 33.4 Å². The molecule has 0 N–H and O–H groups in total. The van der Waals surface area contributed by atoms with Crippen molar-refractivity contribution >= 4 is 18.2 Å². The van der Waals surface area contributed by atoms with E-state index in [-0.39, 0.29) is 11.8 Å². The van der Waals surface area contributed by atoms with Crippen LogP contribution in [0.5, 0.6) is 0 Å². The van der Waals surface area contributed by atoms with E-state index < -0.39 is 5.66 Å². The van der Waals surface area contributed by atoms with Crippen molar-refractivity contribution in [3.05, 3.63) is 0 Å². The van der Waals surface area contributed by atoms with Crippen molar-refractivity contribution in [1.29, 1.82) is 0 Å². The van der Waals surface area contributed by atoms with E-state index in [1.165, 1.54) is 30.1 Å². The highest BCUT2D eigenvalue weighted by molar-refractivity contribution is 5.90. The number of nitrogens with zero attached hydrogens (tertiary/aromatic N) is 3. The van der Waals surface area contributed by atoms with Crippen LogP contribution in [-0.2, 0) is 9.59 Å². The van der Waals surface area contributed by atoms with Crippen LogP contribution in [0.1, 0.15) is 27.7 Å². The Balaban J connectivity index is 2.95. The van der Waals surface area contributed by atoms with Gasteiger partial charge in [0.1, 0.15) is 12.0 Å². The zero-order valence-electron chi connectivity index (χ0n) is 8.24. The molecular formula is C8H13N3O2. The lowest BCUT2D eigenvalue weighted by atomic mass is 10.2. The summed E-state index contributed by atoms with van der Waals surface area (Å²) in [6.45, 7) is 6.39. The third kappa shape index (κ3) is 1.41. The van der Waals surface area contributed by atoms with Crippen LogP contribution in [0.25, 0.3) is 0 Å². The standard InChI is InChI=1S/C8H13N3O2/c1-6(12)10-5-9-11(7(2)13)8(10,3)4/h5H,1-4H3. The number of hydrogen-bond donors (Lipinski definition) is 0. The second kappa shape index (κ2) is 2.83. The SMILES string of the molecule is CC(=O)N1C=NN(C(C)=O)C1(C)C. The van der Waals surface area contributed by atoms with Crippen molar-refractivity contribution in [2.24, 2.45) is 5.10 Å². The van der Waals surface area contributed by atoms with Crippen molar-refractivity contribution in [1.82, 2.24) is 9.91 Å². The highest BCUT2D eigenvalue weighted by Gasteiger charge is 2.40. The number of amides is 2. The van der Waals surface area contributed by atoms with E-state index in [4.69, 9.17) is 0 Å². The van der Waals surface area contributed by atoms with Gasteiger partial charge in [-0.15, -0.1) is 0 Å². The maximum Gasteiger partial charge on any atom is 0.241 e. The van der Waals surface area contributed by atoms with E-state index in [2.05, 4.69) is 5.10 Å². The van der Waals surface area contributed by atoms with Gasteiger partial charge in [-0.25, -0.2) is 5.01 Å². The first-order valence-electron chi connectivity index (χ1n) is 4.02. The summed E-state index contributed by atoms with van der Waals surface area (Å²) < 4.78 is 0. The topological polar surface area (TPSA) is 53.0 Å². The molecule has 1 rings (SSSR count). The first kappa shape index (κ1) is 9.70. The Hall–Kier alpha value is -1.39. The maximum absolute atomic E-state index is 11.1. The summed E-state index contributed by atoms with van der Waals surface area (Å²) in [4.78, 5) is 23.7. The second-order valence-electron chi connectivity index (χ2n) is 3.45. The summed E-state index contributed by atoms with van der Waals surface area (Å²) in [5, 5.41) is 5.14. The quantitative estimate of drug-likeness (QED) is 0.545. The summed E-state index contributed by atoms with van der Waals surface area (Å²) in [6, 6.07) is 0. The average molecular weight is 183 g/mol. The Morgan fingerprint density at radius 1 is 1.23 bits per heavy atom. The van der Waals surface area contributed by atoms with E-state index in [9.17, 15) is 9.59 Å². The Bertz CT molecular complexity index is 257. The largest absolute Gasteiger partial charge is 0.276 e. The first-order valence-corrected chi connectivity index (χ1v) is 4.02. The summed E-state index contributed by atoms with van der Waals surface area (Å²) in [6.07, 6.45) is 1.38. The number of hydrazone groups is 1. The second-order valence-corrected chi connectivity index (χ2v) is 3.45. The van der Waals surface area contributed by atoms with Crippen molar-refractivity contribution < 1.29 is 9.59 Å². The van der Waals surface area contributed by atoms with Crippen LogP contribution in [0, 0.1) is 0 Å². The molecule has 72 valence electrons. The molecule has 0 saturated carbocycles. The van der Waals surface area contributed by atoms with Gasteiger partial charge in [-0.1, -0.05) is 0 Å². The lowest BCUT2D eigenvalue weighted by Gasteiger charge is -2.34. The van der Waals surface area contributed by atoms with Crippen LogP contribution in [0.15, 0.2) is 5.10 Å². The molecule has 5 nitrogen and oxygen atoms in total. The third-order valence-electron chi connectivity index (χ3n) is 2.03. The lowest BCUT2D eigenvalue weighted by molar-refractivity contribution is -0.142. The number of carbonyl (C=O) groups is 2. The minimum Gasteiger partial charge on any atom is -0.276 e. The van der Waals surface area contributed by atoms with Crippen molar-refractivity contribution in [3.8, 4) is 0 Å². The van der Waals surface area contributed by atoms with Crippen molar-refractivity contribution in [2.75, 3.05) is 0 Å². The highest BCUT2D eigenvalue weighted by Crippen LogP contribution is 2.24. The van der Waals surface area contributed by atoms with Crippen LogP contribution in [0.3, 0.4) is 0 Å². The number of hydrogen-bond acceptors (Lipinski definition) is 3. The first-order chi connectivity index (χ1) is 5.87. The monoisotopic (exact) mass is 183 g/mol. The Labute approximate surface area is 77.0 Å². The van der Waals surface area contributed by atoms with Gasteiger partial charge < -0.3 is 0 Å². The molecule has 1 aliphatic heterocycles. The molecule has 1 heterocycles. The van der Waals surface area contributed by atoms with Gasteiger partial charge in [0, 0.05) is 13.8 Å². The molecule has 13 heavy (non-hydrogen) atoms. The molecule has 0 aromatic carbocycles. The van der Waals surface area contributed by atoms with E-state index in [1.54, 1.807) is 13.8 Å². The predicted molar refractivity (Wildman–Crippen MR) is 47.6 cm³/mol. The molecule has 0 aromatic rings. The summed E-state index contributed by atoms with van der Waals surface area (Å²) in [5.74, 6) is -0.303. The smallest absolute Gasteiger partial charge is 0.241 e. The molecular weight excluding hydrogens is 170 g/mol. The lowest BCUT2D eigenvalue weighted by Crippen LogP contribution is -2.52. The van der Waals surface area contributed by atoms with Gasteiger partial charge in [0.15, 0.2) is 0 Å². The van der Waals surface area contributed by atoms with Gasteiger partial charge in [-0.3, -0.25) is 14.5 Å². The molecule has 0 aliphatic carbocycles. The summed E-state index contributed by atoms with van der Waals surface area (Å²) in [7, 11) is 0. The van der Waals surface area contributed by atoms with Crippen LogP contribution < -0.4 is 0 Å². The molecule has 0 bridgehead atoms. The summed E-state index contributed by atoms with van der Waals surface area (Å²) in [5.41, 5.74) is -0.683. The molecule has 0 radical (unpaired) electrons. The number of rotatable bonds is 0.